The molecule has 0 aliphatic carbocycles. The van der Waals surface area contributed by atoms with Crippen LogP contribution in [0.25, 0.3) is 0 Å². The van der Waals surface area contributed by atoms with Crippen LogP contribution in [-0.4, -0.2) is 221 Å². The van der Waals surface area contributed by atoms with Crippen molar-refractivity contribution >= 4 is 70.8 Å². The highest BCUT2D eigenvalue weighted by Crippen LogP contribution is 2.25. The summed E-state index contributed by atoms with van der Waals surface area (Å²) in [4.78, 5) is 183. The number of Topliss-reactive ketones (excluding diaryl/α,β-unsaturated/α-hetero) is 1. The number of hydrogen-bond donors (Lipinski definition) is 4. The van der Waals surface area contributed by atoms with Crippen LogP contribution in [0.1, 0.15) is 157 Å². The van der Waals surface area contributed by atoms with E-state index in [4.69, 9.17) is 0 Å². The fourth-order valence-corrected chi connectivity index (χ4v) is 10.7. The first-order chi connectivity index (χ1) is 39.6. The van der Waals surface area contributed by atoms with Crippen molar-refractivity contribution in [2.24, 2.45) is 47.3 Å². The van der Waals surface area contributed by atoms with Crippen molar-refractivity contribution in [1.29, 1.82) is 0 Å². The molecule has 1 aliphatic rings. The Hall–Kier alpha value is -6.42. The van der Waals surface area contributed by atoms with Crippen LogP contribution in [0.2, 0.25) is 0 Å². The molecule has 1 aliphatic heterocycles. The number of carbonyl (C=O) groups excluding carboxylic acids is 12. The first-order valence-corrected chi connectivity index (χ1v) is 30.8. The van der Waals surface area contributed by atoms with Crippen LogP contribution < -0.4 is 21.3 Å². The van der Waals surface area contributed by atoms with E-state index >= 15 is 9.59 Å². The quantitative estimate of drug-likeness (QED) is 0.135. The number of allylic oxidation sites excluding steroid dienone is 2. The molecule has 4 N–H and O–H groups in total. The predicted molar refractivity (Wildman–Crippen MR) is 332 cm³/mol. The minimum Gasteiger partial charge on any atom is -0.343 e. The van der Waals surface area contributed by atoms with Crippen molar-refractivity contribution in [3.63, 3.8) is 0 Å². The summed E-state index contributed by atoms with van der Waals surface area (Å²) in [6, 6.07) is -12.7. The van der Waals surface area contributed by atoms with Gasteiger partial charge in [0.15, 0.2) is 11.8 Å². The van der Waals surface area contributed by atoms with Gasteiger partial charge >= 0.3 is 0 Å². The number of nitrogens with zero attached hydrogens (tertiary/aromatic N) is 7. The summed E-state index contributed by atoms with van der Waals surface area (Å²) in [7, 11) is 9.80. The first-order valence-electron chi connectivity index (χ1n) is 30.8. The van der Waals surface area contributed by atoms with Gasteiger partial charge in [-0.15, -0.1) is 0 Å². The largest absolute Gasteiger partial charge is 0.343 e. The van der Waals surface area contributed by atoms with Gasteiger partial charge in [0, 0.05) is 55.3 Å². The van der Waals surface area contributed by atoms with Gasteiger partial charge in [0.2, 0.25) is 59.1 Å². The van der Waals surface area contributed by atoms with Gasteiger partial charge < -0.3 is 55.6 Å². The molecule has 0 aromatic rings. The number of amides is 11. The van der Waals surface area contributed by atoms with Gasteiger partial charge in [-0.05, 0) is 94.3 Å². The maximum absolute atomic E-state index is 15.2. The molecular formula is C63H111N11O12. The molecule has 1 heterocycles. The average Bonchev–Trinajstić information content (AvgIpc) is 2.16. The van der Waals surface area contributed by atoms with Crippen molar-refractivity contribution in [2.75, 3.05) is 55.9 Å². The third kappa shape index (κ3) is 21.5. The molecule has 11 amide bonds. The molecule has 0 aromatic carbocycles. The summed E-state index contributed by atoms with van der Waals surface area (Å²) in [5, 5.41) is 11.0. The lowest BCUT2D eigenvalue weighted by Gasteiger charge is -2.41. The van der Waals surface area contributed by atoms with Crippen LogP contribution in [0.15, 0.2) is 12.2 Å². The molecule has 0 bridgehead atoms. The summed E-state index contributed by atoms with van der Waals surface area (Å²) >= 11 is 0. The van der Waals surface area contributed by atoms with Gasteiger partial charge in [-0.2, -0.15) is 0 Å². The Kier molecular flexibility index (Phi) is 31.4. The highest BCUT2D eigenvalue weighted by molar-refractivity contribution is 6.10. The fourth-order valence-electron chi connectivity index (χ4n) is 10.7. The molecule has 0 radical (unpaired) electrons. The van der Waals surface area contributed by atoms with Crippen LogP contribution in [0.4, 0.5) is 0 Å². The zero-order valence-corrected chi connectivity index (χ0v) is 56.8. The normalized spacial score (nSPS) is 26.4. The summed E-state index contributed by atoms with van der Waals surface area (Å²) in [5.41, 5.74) is 0. The third-order valence-electron chi connectivity index (χ3n) is 16.1. The molecular weight excluding hydrogens is 1100 g/mol. The van der Waals surface area contributed by atoms with E-state index in [0.717, 1.165) is 9.80 Å². The van der Waals surface area contributed by atoms with Gasteiger partial charge in [0.05, 0.1) is 6.54 Å². The zero-order valence-electron chi connectivity index (χ0n) is 56.8. The van der Waals surface area contributed by atoms with E-state index in [0.29, 0.717) is 0 Å². The monoisotopic (exact) mass is 1210 g/mol. The highest BCUT2D eigenvalue weighted by Gasteiger charge is 2.46. The van der Waals surface area contributed by atoms with Crippen LogP contribution >= 0.6 is 0 Å². The van der Waals surface area contributed by atoms with E-state index in [1.807, 2.05) is 55.4 Å². The van der Waals surface area contributed by atoms with Gasteiger partial charge in [-0.1, -0.05) is 116 Å². The zero-order chi connectivity index (χ0) is 66.8. The lowest BCUT2D eigenvalue weighted by Crippen LogP contribution is -2.63. The van der Waals surface area contributed by atoms with Gasteiger partial charge in [-0.25, -0.2) is 0 Å². The Balaban J connectivity index is 4.37. The van der Waals surface area contributed by atoms with Gasteiger partial charge in [-0.3, -0.25) is 57.5 Å². The Morgan fingerprint density at radius 1 is 0.430 bits per heavy atom. The average molecular weight is 1210 g/mol. The lowest BCUT2D eigenvalue weighted by atomic mass is 9.92. The standard InChI is InChI=1S/C63H111N11O12/c1-26-27-28-41(16)53(76)52-57(80)67-49(38(10)11)61(84)68(19)33-48(75)69(20)44(29-34(2)3)56(79)66-50(39(12)13)62(85)70(21)45(30-35(4)5)55(78)64-42(17)54(77)65-43(18)58(81)71(22)46(31-36(6)7)59(82)72(23)47(32-37(8)9)60(83)73(24)51(40(14)15)63(86)74(52)25/h26-27,34-47,49-52H,28-33H2,1-25H3,(H,64,78)(H,65,77)(H,66,79)(H,67,80)/b27-26+/t41-,42?,43?,44?,45?,46?,47?,49?,50?,51?,52?/m1/s1. The Labute approximate surface area is 514 Å². The summed E-state index contributed by atoms with van der Waals surface area (Å²) in [6.45, 7) is 30.8. The van der Waals surface area contributed by atoms with Crippen LogP contribution in [0.5, 0.6) is 0 Å². The second kappa shape index (κ2) is 34.8. The molecule has 10 unspecified atom stereocenters. The van der Waals surface area contributed by atoms with Crippen molar-refractivity contribution in [3.8, 4) is 0 Å². The molecule has 1 fully saturated rings. The van der Waals surface area contributed by atoms with Gasteiger partial charge in [0.25, 0.3) is 5.91 Å². The minimum atomic E-state index is -1.82. The molecule has 23 nitrogen and oxygen atoms in total. The first kappa shape index (κ1) is 77.6. The molecule has 86 heavy (non-hydrogen) atoms. The van der Waals surface area contributed by atoms with Crippen LogP contribution in [-0.2, 0) is 57.5 Å². The van der Waals surface area contributed by atoms with E-state index < -0.39 is 161 Å². The second-order valence-electron chi connectivity index (χ2n) is 26.6. The predicted octanol–water partition coefficient (Wildman–Crippen LogP) is 3.72. The molecule has 1 saturated heterocycles. The maximum atomic E-state index is 15.2. The smallest absolute Gasteiger partial charge is 0.251 e. The number of hydrogen-bond acceptors (Lipinski definition) is 12. The molecule has 0 aromatic heterocycles. The Morgan fingerprint density at radius 3 is 1.26 bits per heavy atom. The fraction of sp³-hybridized carbons (Fsp3) is 0.778. The number of carbonyl (C=O) groups is 12. The third-order valence-corrected chi connectivity index (χ3v) is 16.1. The summed E-state index contributed by atoms with van der Waals surface area (Å²) in [5.74, 6) is -11.6. The number of rotatable bonds is 15. The van der Waals surface area contributed by atoms with E-state index in [2.05, 4.69) is 21.3 Å². The van der Waals surface area contributed by atoms with E-state index in [1.54, 1.807) is 67.5 Å². The van der Waals surface area contributed by atoms with Crippen LogP contribution in [0.3, 0.4) is 0 Å². The second-order valence-corrected chi connectivity index (χ2v) is 26.6. The lowest BCUT2D eigenvalue weighted by molar-refractivity contribution is -0.157. The topological polar surface area (TPSA) is 276 Å². The SMILES string of the molecule is C/C=C/C[C@@H](C)C(=O)C1C(=O)NC(C(C)C)C(=O)N(C)CC(=O)N(C)C(CC(C)C)C(=O)NC(C(C)C)C(=O)N(C)C(CC(C)C)C(=O)NC(C)C(=O)NC(C)C(=O)N(C)C(CC(C)C)C(=O)N(C)C(CC(C)C)C(=O)N(C)C(C(C)C)C(=O)N1C. The summed E-state index contributed by atoms with van der Waals surface area (Å²) < 4.78 is 0. The molecule has 0 saturated carbocycles. The highest BCUT2D eigenvalue weighted by atomic mass is 16.2. The number of likely N-dealkylation sites (N-methyl/N-ethyl adjacent to an activating group) is 7. The van der Waals surface area contributed by atoms with Crippen molar-refractivity contribution in [2.45, 2.75) is 217 Å². The molecule has 11 atom stereocenters. The molecule has 490 valence electrons. The van der Waals surface area contributed by atoms with E-state index in [-0.39, 0.29) is 55.8 Å². The van der Waals surface area contributed by atoms with Crippen LogP contribution in [0, 0.1) is 47.3 Å². The molecule has 0 spiro atoms. The van der Waals surface area contributed by atoms with Crippen molar-refractivity contribution < 1.29 is 57.5 Å². The van der Waals surface area contributed by atoms with Gasteiger partial charge in [0.1, 0.15) is 54.4 Å². The Morgan fingerprint density at radius 2 is 0.814 bits per heavy atom. The number of nitrogens with one attached hydrogen (secondary N) is 4. The summed E-state index contributed by atoms with van der Waals surface area (Å²) in [6.07, 6.45) is 4.28. The van der Waals surface area contributed by atoms with E-state index in [9.17, 15) is 47.9 Å². The van der Waals surface area contributed by atoms with Crippen molar-refractivity contribution in [1.82, 2.24) is 55.6 Å². The minimum absolute atomic E-state index is 0.128. The molecule has 23 heteroatoms. The number of ketones is 1. The maximum Gasteiger partial charge on any atom is 0.251 e. The molecule has 1 rings (SSSR count). The Bertz CT molecular complexity index is 2410. The van der Waals surface area contributed by atoms with E-state index in [1.165, 1.54) is 87.7 Å². The van der Waals surface area contributed by atoms with Crippen molar-refractivity contribution in [3.05, 3.63) is 12.2 Å².